The van der Waals surface area contributed by atoms with Crippen LogP contribution >= 0.6 is 0 Å². The van der Waals surface area contributed by atoms with Gasteiger partial charge < -0.3 is 5.73 Å². The van der Waals surface area contributed by atoms with Crippen LogP contribution in [0.3, 0.4) is 0 Å². The van der Waals surface area contributed by atoms with Gasteiger partial charge in [-0.3, -0.25) is 4.90 Å². The van der Waals surface area contributed by atoms with E-state index < -0.39 is 0 Å². The Kier molecular flexibility index (Phi) is 2.08. The summed E-state index contributed by atoms with van der Waals surface area (Å²) in [5, 5.41) is 0. The third kappa shape index (κ3) is 1.32. The summed E-state index contributed by atoms with van der Waals surface area (Å²) in [6.45, 7) is 4.35. The van der Waals surface area contributed by atoms with E-state index in [1.54, 1.807) is 0 Å². The Labute approximate surface area is 91.1 Å². The number of fused-ring (bicyclic) bond motifs is 2. The monoisotopic (exact) mass is 202 g/mol. The molecule has 3 heterocycles. The summed E-state index contributed by atoms with van der Waals surface area (Å²) >= 11 is 0. The van der Waals surface area contributed by atoms with E-state index in [-0.39, 0.29) is 5.41 Å². The molecule has 2 bridgehead atoms. The minimum absolute atomic E-state index is 0.281. The Bertz CT molecular complexity index is 365. The van der Waals surface area contributed by atoms with Gasteiger partial charge in [-0.1, -0.05) is 24.3 Å². The van der Waals surface area contributed by atoms with Gasteiger partial charge in [0.2, 0.25) is 0 Å². The van der Waals surface area contributed by atoms with Crippen LogP contribution in [0, 0.1) is 0 Å². The van der Waals surface area contributed by atoms with Crippen LogP contribution in [0.15, 0.2) is 24.3 Å². The molecule has 0 radical (unpaired) electrons. The lowest BCUT2D eigenvalue weighted by atomic mass is 9.73. The van der Waals surface area contributed by atoms with Crippen LogP contribution in [0.25, 0.3) is 0 Å². The summed E-state index contributed by atoms with van der Waals surface area (Å²) in [5.41, 5.74) is 9.34. The van der Waals surface area contributed by atoms with Gasteiger partial charge in [0.1, 0.15) is 0 Å². The van der Waals surface area contributed by atoms with E-state index in [0.717, 1.165) is 13.1 Å². The van der Waals surface area contributed by atoms with Crippen molar-refractivity contribution in [3.8, 4) is 0 Å². The average Bonchev–Trinajstić information content (AvgIpc) is 2.56. The van der Waals surface area contributed by atoms with Gasteiger partial charge in [0.05, 0.1) is 0 Å². The summed E-state index contributed by atoms with van der Waals surface area (Å²) < 4.78 is 0. The van der Waals surface area contributed by atoms with Crippen LogP contribution in [0.2, 0.25) is 0 Å². The second-order valence-corrected chi connectivity index (χ2v) is 4.92. The smallest absolute Gasteiger partial charge is 0.0236 e. The number of nitrogens with two attached hydrogens (primary N) is 1. The maximum Gasteiger partial charge on any atom is 0.0236 e. The normalized spacial score (nSPS) is 33.5. The van der Waals surface area contributed by atoms with Gasteiger partial charge in [0.15, 0.2) is 0 Å². The second kappa shape index (κ2) is 3.32. The van der Waals surface area contributed by atoms with Crippen molar-refractivity contribution < 1.29 is 0 Å². The Balaban J connectivity index is 2.16. The third-order valence-electron chi connectivity index (χ3n) is 4.19. The van der Waals surface area contributed by atoms with E-state index >= 15 is 0 Å². The van der Waals surface area contributed by atoms with Gasteiger partial charge in [0.25, 0.3) is 0 Å². The van der Waals surface area contributed by atoms with Crippen molar-refractivity contribution in [1.82, 2.24) is 4.90 Å². The molecule has 2 N–H and O–H groups in total. The van der Waals surface area contributed by atoms with Crippen molar-refractivity contribution in [2.24, 2.45) is 5.73 Å². The van der Waals surface area contributed by atoms with Gasteiger partial charge in [-0.25, -0.2) is 0 Å². The zero-order chi connectivity index (χ0) is 10.3. The highest BCUT2D eigenvalue weighted by Gasteiger charge is 2.39. The van der Waals surface area contributed by atoms with Crippen LogP contribution in [-0.2, 0) is 12.0 Å². The van der Waals surface area contributed by atoms with E-state index in [4.69, 9.17) is 5.73 Å². The topological polar surface area (TPSA) is 29.3 Å². The van der Waals surface area contributed by atoms with E-state index in [2.05, 4.69) is 29.2 Å². The molecule has 0 atom stereocenters. The minimum Gasteiger partial charge on any atom is -0.330 e. The number of hydrogen-bond donors (Lipinski definition) is 1. The quantitative estimate of drug-likeness (QED) is 0.747. The average molecular weight is 202 g/mol. The number of benzene rings is 1. The van der Waals surface area contributed by atoms with Crippen molar-refractivity contribution >= 4 is 0 Å². The van der Waals surface area contributed by atoms with E-state index in [9.17, 15) is 0 Å². The fourth-order valence-corrected chi connectivity index (χ4v) is 3.14. The number of rotatable bonds is 1. The molecule has 3 aliphatic rings. The molecular formula is C13H18N2. The first-order valence-electron chi connectivity index (χ1n) is 5.85. The molecule has 1 aromatic carbocycles. The highest BCUT2D eigenvalue weighted by atomic mass is 15.1. The highest BCUT2D eigenvalue weighted by Crippen LogP contribution is 2.40. The standard InChI is InChI=1S/C13H18N2/c14-10-13-5-7-15(8-6-13)9-11-3-1-2-4-12(11)13/h1-4H,5-10,14H2. The molecule has 0 amide bonds. The minimum atomic E-state index is 0.281. The van der Waals surface area contributed by atoms with Crippen LogP contribution in [0.1, 0.15) is 24.0 Å². The van der Waals surface area contributed by atoms with Crippen molar-refractivity contribution in [3.05, 3.63) is 35.4 Å². The molecule has 3 aliphatic heterocycles. The fourth-order valence-electron chi connectivity index (χ4n) is 3.14. The summed E-state index contributed by atoms with van der Waals surface area (Å²) in [5.74, 6) is 0. The van der Waals surface area contributed by atoms with E-state index in [1.807, 2.05) is 0 Å². The van der Waals surface area contributed by atoms with Crippen molar-refractivity contribution in [2.45, 2.75) is 24.8 Å². The molecular weight excluding hydrogens is 184 g/mol. The largest absolute Gasteiger partial charge is 0.330 e. The van der Waals surface area contributed by atoms with Gasteiger partial charge in [0, 0.05) is 18.5 Å². The molecule has 0 unspecified atom stereocenters. The van der Waals surface area contributed by atoms with Crippen molar-refractivity contribution in [3.63, 3.8) is 0 Å². The lowest BCUT2D eigenvalue weighted by molar-refractivity contribution is 0.175. The Morgan fingerprint density at radius 3 is 2.67 bits per heavy atom. The molecule has 80 valence electrons. The summed E-state index contributed by atoms with van der Waals surface area (Å²) in [7, 11) is 0. The van der Waals surface area contributed by atoms with Crippen molar-refractivity contribution in [2.75, 3.05) is 19.6 Å². The third-order valence-corrected chi connectivity index (χ3v) is 4.19. The maximum atomic E-state index is 6.04. The highest BCUT2D eigenvalue weighted by molar-refractivity contribution is 5.37. The molecule has 2 heteroatoms. The maximum absolute atomic E-state index is 6.04. The number of nitrogens with zero attached hydrogens (tertiary/aromatic N) is 1. The predicted octanol–water partition coefficient (Wildman–Crippen LogP) is 1.49. The summed E-state index contributed by atoms with van der Waals surface area (Å²) in [6, 6.07) is 8.86. The molecule has 0 saturated carbocycles. The molecule has 0 aromatic heterocycles. The predicted molar refractivity (Wildman–Crippen MR) is 61.7 cm³/mol. The molecule has 0 aliphatic carbocycles. The molecule has 15 heavy (non-hydrogen) atoms. The first-order valence-corrected chi connectivity index (χ1v) is 5.85. The lowest BCUT2D eigenvalue weighted by Crippen LogP contribution is -2.43. The molecule has 4 rings (SSSR count). The Hall–Kier alpha value is -0.860. The van der Waals surface area contributed by atoms with Gasteiger partial charge in [-0.15, -0.1) is 0 Å². The van der Waals surface area contributed by atoms with E-state index in [0.29, 0.717) is 0 Å². The Morgan fingerprint density at radius 1 is 1.20 bits per heavy atom. The fraction of sp³-hybridized carbons (Fsp3) is 0.538. The van der Waals surface area contributed by atoms with Crippen molar-refractivity contribution in [1.29, 1.82) is 0 Å². The molecule has 1 fully saturated rings. The molecule has 1 aromatic rings. The first kappa shape index (κ1) is 9.37. The molecule has 2 nitrogen and oxygen atoms in total. The summed E-state index contributed by atoms with van der Waals surface area (Å²) in [6.07, 6.45) is 2.47. The SMILES string of the molecule is NCC12CCN(CC1)Cc1ccccc12. The van der Waals surface area contributed by atoms with Crippen LogP contribution in [0.4, 0.5) is 0 Å². The van der Waals surface area contributed by atoms with Crippen LogP contribution < -0.4 is 5.73 Å². The van der Waals surface area contributed by atoms with Gasteiger partial charge >= 0.3 is 0 Å². The van der Waals surface area contributed by atoms with E-state index in [1.165, 1.54) is 37.1 Å². The van der Waals surface area contributed by atoms with Gasteiger partial charge in [-0.2, -0.15) is 0 Å². The Morgan fingerprint density at radius 2 is 1.93 bits per heavy atom. The zero-order valence-corrected chi connectivity index (χ0v) is 9.08. The number of piperidine rings is 1. The second-order valence-electron chi connectivity index (χ2n) is 4.92. The van der Waals surface area contributed by atoms with Crippen LogP contribution in [0.5, 0.6) is 0 Å². The lowest BCUT2D eigenvalue weighted by Gasteiger charge is -2.37. The zero-order valence-electron chi connectivity index (χ0n) is 9.08. The molecule has 0 spiro atoms. The first-order chi connectivity index (χ1) is 7.34. The summed E-state index contributed by atoms with van der Waals surface area (Å²) in [4.78, 5) is 2.56. The van der Waals surface area contributed by atoms with Gasteiger partial charge in [-0.05, 0) is 37.1 Å². The molecule has 1 saturated heterocycles. The van der Waals surface area contributed by atoms with Crippen LogP contribution in [-0.4, -0.2) is 24.5 Å². The number of hydrogen-bond acceptors (Lipinski definition) is 2.